The molecule has 6 rings (SSSR count). The van der Waals surface area contributed by atoms with Crippen LogP contribution in [-0.4, -0.2) is 36.3 Å². The fourth-order valence-electron chi connectivity index (χ4n) is 4.66. The zero-order valence-electron chi connectivity index (χ0n) is 17.5. The number of alkyl halides is 3. The summed E-state index contributed by atoms with van der Waals surface area (Å²) in [5.74, 6) is 0.000873. The third kappa shape index (κ3) is 3.24. The number of rotatable bonds is 3. The summed E-state index contributed by atoms with van der Waals surface area (Å²) in [4.78, 5) is 21.8. The molecule has 1 aliphatic carbocycles. The largest absolute Gasteiger partial charge is 0.435 e. The molecule has 8 nitrogen and oxygen atoms in total. The van der Waals surface area contributed by atoms with Crippen LogP contribution >= 0.6 is 11.3 Å². The number of fused-ring (bicyclic) bond motifs is 5. The second-order valence-corrected chi connectivity index (χ2v) is 8.77. The Bertz CT molecular complexity index is 1550. The summed E-state index contributed by atoms with van der Waals surface area (Å²) < 4.78 is 40.8. The molecule has 0 unspecified atom stereocenters. The fourth-order valence-corrected chi connectivity index (χ4v) is 5.14. The van der Waals surface area contributed by atoms with E-state index in [1.165, 1.54) is 17.5 Å². The summed E-state index contributed by atoms with van der Waals surface area (Å²) in [6.45, 7) is 0. The number of halogens is 3. The van der Waals surface area contributed by atoms with Crippen LogP contribution in [0.15, 0.2) is 29.2 Å². The Morgan fingerprint density at radius 3 is 2.68 bits per heavy atom. The quantitative estimate of drug-likeness (QED) is 0.330. The van der Waals surface area contributed by atoms with Gasteiger partial charge in [0.2, 0.25) is 0 Å². The van der Waals surface area contributed by atoms with E-state index in [0.29, 0.717) is 35.1 Å². The fraction of sp³-hybridized carbons (Fsp3) is 0.227. The van der Waals surface area contributed by atoms with Crippen LogP contribution in [0.25, 0.3) is 33.1 Å². The lowest BCUT2D eigenvalue weighted by atomic mass is 9.85. The zero-order chi connectivity index (χ0) is 23.4. The summed E-state index contributed by atoms with van der Waals surface area (Å²) in [6, 6.07) is 3.47. The van der Waals surface area contributed by atoms with E-state index < -0.39 is 17.8 Å². The Balaban J connectivity index is 1.60. The van der Waals surface area contributed by atoms with E-state index in [1.54, 1.807) is 23.0 Å². The van der Waals surface area contributed by atoms with Crippen molar-refractivity contribution in [1.82, 2.24) is 30.4 Å². The average Bonchev–Trinajstić information content (AvgIpc) is 3.58. The minimum absolute atomic E-state index is 0.0682. The number of carbonyl (C=O) groups excluding carboxylic acids is 1. The molecule has 3 N–H and O–H groups in total. The summed E-state index contributed by atoms with van der Waals surface area (Å²) >= 11 is 1.35. The lowest BCUT2D eigenvalue weighted by molar-refractivity contribution is -0.140. The lowest BCUT2D eigenvalue weighted by Crippen LogP contribution is -2.14. The van der Waals surface area contributed by atoms with E-state index in [-0.39, 0.29) is 17.0 Å². The van der Waals surface area contributed by atoms with Crippen molar-refractivity contribution in [1.29, 1.82) is 0 Å². The van der Waals surface area contributed by atoms with E-state index >= 15 is 0 Å². The SMILES string of the molecule is O=C(Nc1cscn1)c1n[nH]c2ccc3nc(-c4c[nH]nc4C(F)(F)F)c4c(c3c12)CCCC4. The van der Waals surface area contributed by atoms with Gasteiger partial charge in [-0.3, -0.25) is 15.0 Å². The molecule has 0 fully saturated rings. The molecule has 172 valence electrons. The lowest BCUT2D eigenvalue weighted by Gasteiger charge is -2.22. The summed E-state index contributed by atoms with van der Waals surface area (Å²) in [5, 5.41) is 18.7. The summed E-state index contributed by atoms with van der Waals surface area (Å²) in [7, 11) is 0. The number of H-pyrrole nitrogens is 2. The second-order valence-electron chi connectivity index (χ2n) is 8.05. The number of benzene rings is 1. The Morgan fingerprint density at radius 1 is 1.09 bits per heavy atom. The van der Waals surface area contributed by atoms with Gasteiger partial charge in [-0.2, -0.15) is 23.4 Å². The van der Waals surface area contributed by atoms with Crippen LogP contribution in [0.2, 0.25) is 0 Å². The standard InChI is InChI=1S/C22H16F3N7OS/c23-22(24,25)20-12(7-27-32-20)18-11-4-2-1-3-10(11)16-13(28-18)5-6-14-17(16)19(31-30-14)21(33)29-15-8-34-9-26-15/h5-9H,1-4H2,(H,27,32)(H,29,33)(H,30,31). The number of anilines is 1. The molecule has 0 bridgehead atoms. The van der Waals surface area contributed by atoms with Gasteiger partial charge >= 0.3 is 6.18 Å². The van der Waals surface area contributed by atoms with Crippen LogP contribution in [0.3, 0.4) is 0 Å². The highest BCUT2D eigenvalue weighted by atomic mass is 32.1. The highest BCUT2D eigenvalue weighted by Crippen LogP contribution is 2.42. The molecular formula is C22H16F3N7OS. The molecule has 1 amide bonds. The van der Waals surface area contributed by atoms with Crippen molar-refractivity contribution in [2.75, 3.05) is 5.32 Å². The van der Waals surface area contributed by atoms with Crippen molar-refractivity contribution in [3.05, 3.63) is 51.7 Å². The molecule has 1 aromatic carbocycles. The molecule has 4 aromatic heterocycles. The Labute approximate surface area is 193 Å². The van der Waals surface area contributed by atoms with Crippen molar-refractivity contribution < 1.29 is 18.0 Å². The Kier molecular flexibility index (Phi) is 4.66. The molecule has 0 aliphatic heterocycles. The molecule has 0 saturated heterocycles. The van der Waals surface area contributed by atoms with Crippen LogP contribution in [0.1, 0.15) is 40.2 Å². The number of nitrogens with one attached hydrogen (secondary N) is 3. The van der Waals surface area contributed by atoms with E-state index in [4.69, 9.17) is 0 Å². The van der Waals surface area contributed by atoms with Gasteiger partial charge in [-0.1, -0.05) is 0 Å². The summed E-state index contributed by atoms with van der Waals surface area (Å²) in [5.41, 5.74) is 3.83. The maximum Gasteiger partial charge on any atom is 0.435 e. The number of aromatic amines is 2. The molecule has 0 radical (unpaired) electrons. The van der Waals surface area contributed by atoms with E-state index in [9.17, 15) is 18.0 Å². The third-order valence-corrected chi connectivity index (χ3v) is 6.64. The number of aromatic nitrogens is 6. The first-order chi connectivity index (χ1) is 16.4. The number of pyridine rings is 1. The van der Waals surface area contributed by atoms with Gasteiger partial charge in [-0.05, 0) is 48.9 Å². The monoisotopic (exact) mass is 483 g/mol. The second kappa shape index (κ2) is 7.62. The number of hydrogen-bond acceptors (Lipinski definition) is 6. The predicted octanol–water partition coefficient (Wildman–Crippen LogP) is 5.11. The molecule has 1 aliphatic rings. The molecule has 4 heterocycles. The zero-order valence-corrected chi connectivity index (χ0v) is 18.3. The van der Waals surface area contributed by atoms with Crippen molar-refractivity contribution in [2.45, 2.75) is 31.9 Å². The number of thiazole rings is 1. The maximum absolute atomic E-state index is 13.6. The van der Waals surface area contributed by atoms with Gasteiger partial charge in [0.05, 0.1) is 27.8 Å². The molecule has 0 atom stereocenters. The van der Waals surface area contributed by atoms with Gasteiger partial charge in [0, 0.05) is 22.3 Å². The topological polar surface area (TPSA) is 112 Å². The molecular weight excluding hydrogens is 467 g/mol. The number of aryl methyl sites for hydroxylation is 1. The number of hydrogen-bond donors (Lipinski definition) is 3. The van der Waals surface area contributed by atoms with Crippen LogP contribution in [-0.2, 0) is 19.0 Å². The van der Waals surface area contributed by atoms with Crippen LogP contribution < -0.4 is 5.32 Å². The number of nitrogens with zero attached hydrogens (tertiary/aromatic N) is 4. The Morgan fingerprint density at radius 2 is 1.91 bits per heavy atom. The smallest absolute Gasteiger partial charge is 0.304 e. The first-order valence-electron chi connectivity index (χ1n) is 10.5. The van der Waals surface area contributed by atoms with E-state index in [0.717, 1.165) is 29.4 Å². The van der Waals surface area contributed by atoms with Gasteiger partial charge in [0.25, 0.3) is 5.91 Å². The average molecular weight is 483 g/mol. The van der Waals surface area contributed by atoms with Crippen molar-refractivity contribution in [3.63, 3.8) is 0 Å². The van der Waals surface area contributed by atoms with Gasteiger partial charge in [-0.25, -0.2) is 9.97 Å². The summed E-state index contributed by atoms with van der Waals surface area (Å²) in [6.07, 6.45) is -0.386. The van der Waals surface area contributed by atoms with Crippen LogP contribution in [0, 0.1) is 0 Å². The predicted molar refractivity (Wildman–Crippen MR) is 121 cm³/mol. The first kappa shape index (κ1) is 20.8. The Hall–Kier alpha value is -3.80. The number of amides is 1. The van der Waals surface area contributed by atoms with Crippen LogP contribution in [0.5, 0.6) is 0 Å². The van der Waals surface area contributed by atoms with Crippen molar-refractivity contribution in [3.8, 4) is 11.3 Å². The molecule has 34 heavy (non-hydrogen) atoms. The van der Waals surface area contributed by atoms with E-state index in [1.807, 2.05) is 0 Å². The number of carbonyl (C=O) groups is 1. The van der Waals surface area contributed by atoms with Crippen molar-refractivity contribution >= 4 is 44.9 Å². The van der Waals surface area contributed by atoms with Gasteiger partial charge in [-0.15, -0.1) is 11.3 Å². The minimum Gasteiger partial charge on any atom is -0.304 e. The molecule has 12 heteroatoms. The van der Waals surface area contributed by atoms with Gasteiger partial charge in [0.15, 0.2) is 11.4 Å². The molecule has 0 spiro atoms. The van der Waals surface area contributed by atoms with Gasteiger partial charge in [0.1, 0.15) is 5.82 Å². The van der Waals surface area contributed by atoms with Crippen LogP contribution in [0.4, 0.5) is 19.0 Å². The van der Waals surface area contributed by atoms with E-state index in [2.05, 4.69) is 35.7 Å². The minimum atomic E-state index is -4.61. The highest BCUT2D eigenvalue weighted by molar-refractivity contribution is 7.07. The first-order valence-corrected chi connectivity index (χ1v) is 11.5. The maximum atomic E-state index is 13.6. The molecule has 5 aromatic rings. The van der Waals surface area contributed by atoms with Gasteiger partial charge < -0.3 is 5.32 Å². The normalized spacial score (nSPS) is 14.0. The third-order valence-electron chi connectivity index (χ3n) is 6.05. The molecule has 0 saturated carbocycles. The van der Waals surface area contributed by atoms with Crippen molar-refractivity contribution in [2.24, 2.45) is 0 Å². The highest BCUT2D eigenvalue weighted by Gasteiger charge is 2.38.